The molecular formula is C13H12N6OS. The molecule has 3 aromatic rings. The van der Waals surface area contributed by atoms with Crippen molar-refractivity contribution in [1.82, 2.24) is 20.2 Å². The third-order valence-electron chi connectivity index (χ3n) is 2.84. The number of nitrogens with zero attached hydrogens (tertiary/aromatic N) is 3. The monoisotopic (exact) mass is 300 g/mol. The molecule has 8 heteroatoms. The highest BCUT2D eigenvalue weighted by molar-refractivity contribution is 7.71. The lowest BCUT2D eigenvalue weighted by Gasteiger charge is -2.02. The zero-order valence-electron chi connectivity index (χ0n) is 11.1. The molecular weight excluding hydrogens is 288 g/mol. The van der Waals surface area contributed by atoms with Gasteiger partial charge in [0, 0.05) is 0 Å². The third kappa shape index (κ3) is 2.90. The summed E-state index contributed by atoms with van der Waals surface area (Å²) in [6.45, 7) is 0. The summed E-state index contributed by atoms with van der Waals surface area (Å²) in [5.41, 5.74) is 4.46. The molecule has 0 atom stereocenters. The first kappa shape index (κ1) is 13.3. The Kier molecular flexibility index (Phi) is 3.61. The lowest BCUT2D eigenvalue weighted by Crippen LogP contribution is -1.96. The number of nitrogens with one attached hydrogen (secondary N) is 3. The lowest BCUT2D eigenvalue weighted by molar-refractivity contribution is 0.415. The molecule has 7 nitrogen and oxygen atoms in total. The second-order valence-electron chi connectivity index (χ2n) is 4.19. The Morgan fingerprint density at radius 2 is 2.14 bits per heavy atom. The summed E-state index contributed by atoms with van der Waals surface area (Å²) < 4.78 is 5.46. The summed E-state index contributed by atoms with van der Waals surface area (Å²) in [5.74, 6) is 1.45. The summed E-state index contributed by atoms with van der Waals surface area (Å²) in [6.07, 6.45) is 3.35. The van der Waals surface area contributed by atoms with Gasteiger partial charge < -0.3 is 9.72 Å². The SMILES string of the molecule is COc1ccc(/C=N/Nc2[nH]c(=S)nc3[nH]ncc23)cc1. The molecule has 3 rings (SSSR count). The van der Waals surface area contributed by atoms with Crippen LogP contribution in [-0.2, 0) is 0 Å². The summed E-state index contributed by atoms with van der Waals surface area (Å²) in [6, 6.07) is 7.56. The lowest BCUT2D eigenvalue weighted by atomic mass is 10.2. The average Bonchev–Trinajstić information content (AvgIpc) is 2.96. The van der Waals surface area contributed by atoms with Crippen molar-refractivity contribution >= 4 is 35.3 Å². The molecule has 0 fully saturated rings. The Labute approximate surface area is 125 Å². The second-order valence-corrected chi connectivity index (χ2v) is 4.58. The predicted molar refractivity (Wildman–Crippen MR) is 83.3 cm³/mol. The number of ether oxygens (including phenoxy) is 1. The average molecular weight is 300 g/mol. The number of hydrogen-bond acceptors (Lipinski definition) is 6. The van der Waals surface area contributed by atoms with Gasteiger partial charge in [0.2, 0.25) is 0 Å². The number of hydrazone groups is 1. The number of fused-ring (bicyclic) bond motifs is 1. The molecule has 0 amide bonds. The quantitative estimate of drug-likeness (QED) is 0.391. The molecule has 0 saturated heterocycles. The minimum absolute atomic E-state index is 0.355. The zero-order valence-corrected chi connectivity index (χ0v) is 11.9. The molecule has 0 radical (unpaired) electrons. The van der Waals surface area contributed by atoms with Crippen LogP contribution in [0, 0.1) is 4.77 Å². The van der Waals surface area contributed by atoms with Gasteiger partial charge in [-0.3, -0.25) is 10.5 Å². The van der Waals surface area contributed by atoms with E-state index in [0.29, 0.717) is 16.2 Å². The van der Waals surface area contributed by atoms with Crippen LogP contribution in [0.4, 0.5) is 5.82 Å². The van der Waals surface area contributed by atoms with Crippen LogP contribution in [0.5, 0.6) is 5.75 Å². The molecule has 0 aliphatic carbocycles. The maximum atomic E-state index is 5.10. The Bertz CT molecular complexity index is 836. The van der Waals surface area contributed by atoms with Gasteiger partial charge in [-0.05, 0) is 42.0 Å². The number of aromatic amines is 2. The highest BCUT2D eigenvalue weighted by Gasteiger charge is 2.03. The van der Waals surface area contributed by atoms with E-state index >= 15 is 0 Å². The normalized spacial score (nSPS) is 11.1. The third-order valence-corrected chi connectivity index (χ3v) is 3.03. The number of benzene rings is 1. The van der Waals surface area contributed by atoms with Gasteiger partial charge in [0.15, 0.2) is 10.4 Å². The van der Waals surface area contributed by atoms with Gasteiger partial charge in [-0.15, -0.1) is 0 Å². The molecule has 2 heterocycles. The molecule has 0 spiro atoms. The van der Waals surface area contributed by atoms with E-state index in [1.807, 2.05) is 24.3 Å². The molecule has 106 valence electrons. The van der Waals surface area contributed by atoms with E-state index in [1.165, 1.54) is 0 Å². The van der Waals surface area contributed by atoms with Crippen molar-refractivity contribution in [3.05, 3.63) is 40.8 Å². The smallest absolute Gasteiger partial charge is 0.200 e. The number of aromatic nitrogens is 4. The van der Waals surface area contributed by atoms with Gasteiger partial charge in [0.1, 0.15) is 11.6 Å². The van der Waals surface area contributed by atoms with Crippen LogP contribution in [-0.4, -0.2) is 33.5 Å². The van der Waals surface area contributed by atoms with Crippen molar-refractivity contribution in [3.63, 3.8) is 0 Å². The minimum Gasteiger partial charge on any atom is -0.497 e. The fourth-order valence-electron chi connectivity index (χ4n) is 1.80. The molecule has 1 aromatic carbocycles. The van der Waals surface area contributed by atoms with Crippen molar-refractivity contribution in [1.29, 1.82) is 0 Å². The summed E-state index contributed by atoms with van der Waals surface area (Å²) in [4.78, 5) is 7.06. The van der Waals surface area contributed by atoms with Crippen LogP contribution < -0.4 is 10.2 Å². The van der Waals surface area contributed by atoms with Crippen LogP contribution in [0.25, 0.3) is 11.0 Å². The van der Waals surface area contributed by atoms with Crippen molar-refractivity contribution < 1.29 is 4.74 Å². The van der Waals surface area contributed by atoms with E-state index in [-0.39, 0.29) is 0 Å². The Morgan fingerprint density at radius 1 is 1.33 bits per heavy atom. The Hall–Kier alpha value is -2.74. The second kappa shape index (κ2) is 5.71. The van der Waals surface area contributed by atoms with Gasteiger partial charge in [-0.1, -0.05) is 0 Å². The minimum atomic E-state index is 0.355. The highest BCUT2D eigenvalue weighted by atomic mass is 32.1. The van der Waals surface area contributed by atoms with Crippen molar-refractivity contribution in [2.75, 3.05) is 12.5 Å². The zero-order chi connectivity index (χ0) is 14.7. The molecule has 0 aliphatic rings. The van der Waals surface area contributed by atoms with Gasteiger partial charge in [-0.25, -0.2) is 4.98 Å². The molecule has 3 N–H and O–H groups in total. The molecule has 0 bridgehead atoms. The largest absolute Gasteiger partial charge is 0.497 e. The van der Waals surface area contributed by atoms with Gasteiger partial charge in [-0.2, -0.15) is 10.2 Å². The van der Waals surface area contributed by atoms with Crippen LogP contribution in [0.1, 0.15) is 5.56 Å². The predicted octanol–water partition coefficient (Wildman–Crippen LogP) is 2.47. The number of H-pyrrole nitrogens is 2. The van der Waals surface area contributed by atoms with Crippen molar-refractivity contribution in [2.24, 2.45) is 5.10 Å². The van der Waals surface area contributed by atoms with E-state index in [4.69, 9.17) is 17.0 Å². The first-order chi connectivity index (χ1) is 10.3. The number of hydrogen-bond donors (Lipinski definition) is 3. The summed E-state index contributed by atoms with van der Waals surface area (Å²) in [5, 5.41) is 11.7. The number of anilines is 1. The van der Waals surface area contributed by atoms with E-state index in [9.17, 15) is 0 Å². The molecule has 21 heavy (non-hydrogen) atoms. The standard InChI is InChI=1S/C13H12N6OS/c1-20-9-4-2-8(3-5-9)6-14-18-11-10-7-15-19-12(10)17-13(21)16-11/h2-7H,1H3,(H3,15,16,17,18,19,21)/b14-6+. The first-order valence-electron chi connectivity index (χ1n) is 6.13. The van der Waals surface area contributed by atoms with Crippen LogP contribution in [0.15, 0.2) is 35.6 Å². The number of methoxy groups -OCH3 is 1. The summed E-state index contributed by atoms with van der Waals surface area (Å²) in [7, 11) is 1.63. The van der Waals surface area contributed by atoms with E-state index in [1.54, 1.807) is 19.5 Å². The summed E-state index contributed by atoms with van der Waals surface area (Å²) >= 11 is 5.04. The van der Waals surface area contributed by atoms with Crippen molar-refractivity contribution in [3.8, 4) is 5.75 Å². The van der Waals surface area contributed by atoms with Crippen LogP contribution >= 0.6 is 12.2 Å². The van der Waals surface area contributed by atoms with E-state index in [2.05, 4.69) is 30.7 Å². The molecule has 0 saturated carbocycles. The molecule has 0 aliphatic heterocycles. The van der Waals surface area contributed by atoms with Crippen LogP contribution in [0.3, 0.4) is 0 Å². The van der Waals surface area contributed by atoms with E-state index in [0.717, 1.165) is 16.7 Å². The van der Waals surface area contributed by atoms with Gasteiger partial charge in [0.25, 0.3) is 0 Å². The highest BCUT2D eigenvalue weighted by Crippen LogP contribution is 2.16. The van der Waals surface area contributed by atoms with Gasteiger partial charge in [0.05, 0.1) is 24.9 Å². The maximum Gasteiger partial charge on any atom is 0.200 e. The van der Waals surface area contributed by atoms with Gasteiger partial charge >= 0.3 is 0 Å². The van der Waals surface area contributed by atoms with Crippen molar-refractivity contribution in [2.45, 2.75) is 0 Å². The number of rotatable bonds is 4. The molecule has 2 aromatic heterocycles. The topological polar surface area (TPSA) is 91.0 Å². The first-order valence-corrected chi connectivity index (χ1v) is 6.53. The fourth-order valence-corrected chi connectivity index (χ4v) is 1.99. The maximum absolute atomic E-state index is 5.10. The Balaban J connectivity index is 1.80. The fraction of sp³-hybridized carbons (Fsp3) is 0.0769. The van der Waals surface area contributed by atoms with Crippen LogP contribution in [0.2, 0.25) is 0 Å². The van der Waals surface area contributed by atoms with E-state index < -0.39 is 0 Å². The molecule has 0 unspecified atom stereocenters. The Morgan fingerprint density at radius 3 is 2.90 bits per heavy atom.